The van der Waals surface area contributed by atoms with Crippen molar-refractivity contribution in [1.82, 2.24) is 15.1 Å². The van der Waals surface area contributed by atoms with Gasteiger partial charge in [0.25, 0.3) is 11.7 Å². The molecule has 1 fully saturated rings. The predicted molar refractivity (Wildman–Crippen MR) is 246 cm³/mol. The lowest BCUT2D eigenvalue weighted by Gasteiger charge is -2.38. The molecule has 0 saturated carbocycles. The zero-order chi connectivity index (χ0) is 48.0. The molecule has 356 valence electrons. The van der Waals surface area contributed by atoms with Crippen molar-refractivity contribution in [3.8, 4) is 11.5 Å². The van der Waals surface area contributed by atoms with Crippen LogP contribution in [0.25, 0.3) is 0 Å². The van der Waals surface area contributed by atoms with E-state index in [0.717, 1.165) is 38.8 Å². The maximum atomic E-state index is 14.2. The fraction of sp³-hybridized carbons (Fsp3) is 0.500. The second-order valence-corrected chi connectivity index (χ2v) is 17.9. The molecule has 16 heteroatoms. The SMILES string of the molecule is CO[C@H]1C=CO[C@@]2(C)Oc3c(C)c(O)c4c(c3C2=NOCCN2CCN(Cc3ccccc3)CC2)C(=O)C=C(NC(=O)C(C)=CC=C[C@H](C)[C@H](O)[C@@H](C)[C@@H](O)[C@@H](C)[C@H](OC(C)=O)[C@@H]1C)C4=O. The van der Waals surface area contributed by atoms with Gasteiger partial charge < -0.3 is 44.4 Å². The maximum Gasteiger partial charge on any atom is 0.302 e. The highest BCUT2D eigenvalue weighted by Crippen LogP contribution is 2.48. The Morgan fingerprint density at radius 1 is 0.924 bits per heavy atom. The molecule has 5 bridgehead atoms. The number of aliphatic hydroxyl groups is 2. The minimum atomic E-state index is -1.80. The van der Waals surface area contributed by atoms with E-state index in [1.54, 1.807) is 52.8 Å². The molecule has 7 rings (SSSR count). The first-order chi connectivity index (χ1) is 31.4. The highest BCUT2D eigenvalue weighted by atomic mass is 16.7. The molecule has 2 aromatic carbocycles. The van der Waals surface area contributed by atoms with E-state index in [9.17, 15) is 34.5 Å². The van der Waals surface area contributed by atoms with Gasteiger partial charge in [0, 0.05) is 101 Å². The Balaban J connectivity index is 1.36. The number of carbonyl (C=O) groups excluding carboxylic acids is 4. The van der Waals surface area contributed by atoms with Crippen LogP contribution in [0.2, 0.25) is 0 Å². The van der Waals surface area contributed by atoms with Crippen LogP contribution in [0.3, 0.4) is 0 Å². The second-order valence-electron chi connectivity index (χ2n) is 17.9. The fourth-order valence-corrected chi connectivity index (χ4v) is 9.05. The summed E-state index contributed by atoms with van der Waals surface area (Å²) in [6.45, 7) is 17.8. The topological polar surface area (TPSA) is 206 Å². The number of esters is 1. The standard InChI is InChI=1S/C50H64N4O12/c1-28-14-13-15-29(2)49(61)51-36-26-37(56)39-40(45(36)60)44(59)33(6)47-41(39)48(52-64-25-23-53-19-21-54(22-20-53)27-35-16-11-10-12-17-35)50(8,66-47)63-24-18-38(62-9)30(3)46(65-34(7)55)32(5)43(58)31(4)42(28)57/h10-18,24,26,28,30-32,38,42-43,46,57-59H,19-23,25,27H2,1-9H3,(H,51,61)/t28-,30+,31+,32+,38-,42-,43+,46+,50-/m0/s1. The lowest BCUT2D eigenvalue weighted by molar-refractivity contribution is -0.160. The molecule has 0 spiro atoms. The van der Waals surface area contributed by atoms with Crippen LogP contribution in [0.4, 0.5) is 0 Å². The minimum Gasteiger partial charge on any atom is -0.507 e. The number of phenols is 1. The third kappa shape index (κ3) is 10.8. The number of aromatic hydroxyl groups is 1. The van der Waals surface area contributed by atoms with Crippen LogP contribution >= 0.6 is 0 Å². The number of aliphatic hydroxyl groups excluding tert-OH is 2. The Bertz CT molecular complexity index is 2300. The molecular weight excluding hydrogens is 849 g/mol. The molecule has 4 aliphatic heterocycles. The Morgan fingerprint density at radius 2 is 1.61 bits per heavy atom. The number of nitrogens with one attached hydrogen (secondary N) is 1. The van der Waals surface area contributed by atoms with E-state index in [2.05, 4.69) is 32.4 Å². The second kappa shape index (κ2) is 21.3. The molecule has 0 radical (unpaired) electrons. The summed E-state index contributed by atoms with van der Waals surface area (Å²) >= 11 is 0. The summed E-state index contributed by atoms with van der Waals surface area (Å²) < 4.78 is 24.5. The Labute approximate surface area is 386 Å². The van der Waals surface area contributed by atoms with Gasteiger partial charge in [0.1, 0.15) is 24.2 Å². The number of rotatable bonds is 8. The summed E-state index contributed by atoms with van der Waals surface area (Å²) in [6, 6.07) is 10.3. The molecule has 66 heavy (non-hydrogen) atoms. The summed E-state index contributed by atoms with van der Waals surface area (Å²) in [5.74, 6) is -7.48. The minimum absolute atomic E-state index is 0.00885. The molecule has 4 N–H and O–H groups in total. The van der Waals surface area contributed by atoms with Crippen LogP contribution in [0.5, 0.6) is 11.5 Å². The van der Waals surface area contributed by atoms with Crippen molar-refractivity contribution in [2.24, 2.45) is 28.8 Å². The molecule has 16 nitrogen and oxygen atoms in total. The van der Waals surface area contributed by atoms with Crippen molar-refractivity contribution >= 4 is 29.2 Å². The number of allylic oxidation sites excluding steroid dienone is 4. The van der Waals surface area contributed by atoms with Crippen molar-refractivity contribution in [1.29, 1.82) is 0 Å². The summed E-state index contributed by atoms with van der Waals surface area (Å²) in [5, 5.41) is 41.6. The van der Waals surface area contributed by atoms with Gasteiger partial charge in [-0.05, 0) is 25.5 Å². The molecule has 0 aromatic heterocycles. The Hall–Kier alpha value is -5.65. The number of amides is 1. The first-order valence-electron chi connectivity index (χ1n) is 22.5. The highest BCUT2D eigenvalue weighted by Gasteiger charge is 2.51. The van der Waals surface area contributed by atoms with Crippen LogP contribution in [-0.4, -0.2) is 131 Å². The number of hydrogen-bond acceptors (Lipinski definition) is 15. The van der Waals surface area contributed by atoms with Gasteiger partial charge in [-0.15, -0.1) is 0 Å². The molecule has 1 saturated heterocycles. The van der Waals surface area contributed by atoms with Gasteiger partial charge in [0.05, 0.1) is 47.0 Å². The number of phenolic OH excluding ortho intramolecular Hbond substituents is 1. The van der Waals surface area contributed by atoms with Crippen molar-refractivity contribution < 1.29 is 58.3 Å². The summed E-state index contributed by atoms with van der Waals surface area (Å²) in [4.78, 5) is 64.9. The third-order valence-electron chi connectivity index (χ3n) is 13.2. The van der Waals surface area contributed by atoms with E-state index in [0.29, 0.717) is 6.54 Å². The average molecular weight is 913 g/mol. The van der Waals surface area contributed by atoms with E-state index in [1.807, 2.05) is 18.2 Å². The van der Waals surface area contributed by atoms with Gasteiger partial charge in [-0.3, -0.25) is 29.0 Å². The van der Waals surface area contributed by atoms with Crippen molar-refractivity contribution in [3.05, 3.63) is 106 Å². The smallest absolute Gasteiger partial charge is 0.302 e. The Morgan fingerprint density at radius 3 is 2.27 bits per heavy atom. The first-order valence-corrected chi connectivity index (χ1v) is 22.5. The monoisotopic (exact) mass is 912 g/mol. The van der Waals surface area contributed by atoms with Crippen LogP contribution in [-0.2, 0) is 35.2 Å². The van der Waals surface area contributed by atoms with Crippen LogP contribution in [0.15, 0.2) is 83.4 Å². The molecule has 9 atom stereocenters. The number of benzene rings is 2. The lowest BCUT2D eigenvalue weighted by atomic mass is 9.78. The van der Waals surface area contributed by atoms with E-state index in [1.165, 1.54) is 45.8 Å². The molecular formula is C50H64N4O12. The van der Waals surface area contributed by atoms with Gasteiger partial charge in [0.15, 0.2) is 11.5 Å². The predicted octanol–water partition coefficient (Wildman–Crippen LogP) is 4.99. The number of nitrogens with zero attached hydrogens (tertiary/aromatic N) is 3. The number of oxime groups is 1. The fourth-order valence-electron chi connectivity index (χ4n) is 9.05. The van der Waals surface area contributed by atoms with Crippen molar-refractivity contribution in [3.63, 3.8) is 0 Å². The number of piperazine rings is 1. The van der Waals surface area contributed by atoms with E-state index in [4.69, 9.17) is 23.8 Å². The number of carbonyl (C=O) groups is 4. The first kappa shape index (κ1) is 49.8. The van der Waals surface area contributed by atoms with Crippen molar-refractivity contribution in [2.75, 3.05) is 46.4 Å². The van der Waals surface area contributed by atoms with Crippen LogP contribution in [0, 0.1) is 30.6 Å². The maximum absolute atomic E-state index is 14.2. The highest BCUT2D eigenvalue weighted by molar-refractivity contribution is 6.31. The number of methoxy groups -OCH3 is 1. The average Bonchev–Trinajstić information content (AvgIpc) is 3.59. The number of Topliss-reactive ketones (excluding diaryl/α,β-unsaturated/α-hetero) is 1. The summed E-state index contributed by atoms with van der Waals surface area (Å²) in [6.07, 6.45) is 4.82. The van der Waals surface area contributed by atoms with E-state index in [-0.39, 0.29) is 51.6 Å². The molecule has 4 heterocycles. The molecule has 2 aromatic rings. The Kier molecular flexibility index (Phi) is 16.1. The molecule has 1 amide bonds. The van der Waals surface area contributed by atoms with Gasteiger partial charge in [-0.25, -0.2) is 0 Å². The van der Waals surface area contributed by atoms with Gasteiger partial charge in [-0.1, -0.05) is 81.4 Å². The normalized spacial score (nSPS) is 29.7. The largest absolute Gasteiger partial charge is 0.507 e. The van der Waals surface area contributed by atoms with Gasteiger partial charge in [0.2, 0.25) is 5.78 Å². The van der Waals surface area contributed by atoms with Crippen LogP contribution < -0.4 is 10.1 Å². The van der Waals surface area contributed by atoms with E-state index >= 15 is 0 Å². The third-order valence-corrected chi connectivity index (χ3v) is 13.2. The molecule has 1 aliphatic carbocycles. The quantitative estimate of drug-likeness (QED) is 0.157. The zero-order valence-electron chi connectivity index (χ0n) is 39.3. The number of ether oxygens (including phenoxy) is 4. The number of ketones is 2. The van der Waals surface area contributed by atoms with E-state index < -0.39 is 83.1 Å². The van der Waals surface area contributed by atoms with Crippen molar-refractivity contribution in [2.45, 2.75) is 92.1 Å². The van der Waals surface area contributed by atoms with Crippen LogP contribution in [0.1, 0.15) is 85.9 Å². The summed E-state index contributed by atoms with van der Waals surface area (Å²) in [5.41, 5.74) is 0.759. The number of fused-ring (bicyclic) bond motifs is 14. The van der Waals surface area contributed by atoms with Gasteiger partial charge in [-0.2, -0.15) is 0 Å². The molecule has 0 unspecified atom stereocenters. The summed E-state index contributed by atoms with van der Waals surface area (Å²) in [7, 11) is 1.47. The lowest BCUT2D eigenvalue weighted by Crippen LogP contribution is -2.46. The molecule has 5 aliphatic rings. The zero-order valence-corrected chi connectivity index (χ0v) is 39.3. The number of hydrogen-bond donors (Lipinski definition) is 4. The van der Waals surface area contributed by atoms with Gasteiger partial charge >= 0.3 is 5.97 Å².